The number of Topliss-reactive ketones (excluding diaryl/α,β-unsaturated/α-hetero) is 1. The molecule has 0 aromatic heterocycles. The summed E-state index contributed by atoms with van der Waals surface area (Å²) in [4.78, 5) is 10.8. The Bertz CT molecular complexity index is 879. The molecular formula is C17H16BrClO5S. The molecule has 25 heavy (non-hydrogen) atoms. The second-order valence-electron chi connectivity index (χ2n) is 5.30. The highest BCUT2D eigenvalue weighted by Gasteiger charge is 2.24. The van der Waals surface area contributed by atoms with Gasteiger partial charge in [0.25, 0.3) is 0 Å². The lowest BCUT2D eigenvalue weighted by Gasteiger charge is -2.13. The zero-order valence-corrected chi connectivity index (χ0v) is 16.7. The molecule has 2 aromatic carbocycles. The molecular weight excluding hydrogens is 432 g/mol. The van der Waals surface area contributed by atoms with Gasteiger partial charge in [0.2, 0.25) is 0 Å². The molecule has 5 nitrogen and oxygen atoms in total. The number of carbonyl (C=O) groups is 1. The van der Waals surface area contributed by atoms with Crippen LogP contribution in [-0.2, 0) is 21.3 Å². The molecule has 0 spiro atoms. The Morgan fingerprint density at radius 1 is 1.20 bits per heavy atom. The minimum absolute atomic E-state index is 0.0986. The molecule has 134 valence electrons. The number of hydrogen-bond donors (Lipinski definition) is 0. The van der Waals surface area contributed by atoms with E-state index >= 15 is 0 Å². The monoisotopic (exact) mass is 446 g/mol. The minimum Gasteiger partial charge on any atom is -0.494 e. The Balaban J connectivity index is 2.26. The van der Waals surface area contributed by atoms with Gasteiger partial charge in [-0.2, -0.15) is 8.42 Å². The van der Waals surface area contributed by atoms with E-state index in [-0.39, 0.29) is 27.2 Å². The Labute approximate surface area is 160 Å². The first-order valence-corrected chi connectivity index (χ1v) is 9.87. The van der Waals surface area contributed by atoms with Gasteiger partial charge in [-0.3, -0.25) is 0 Å². The zero-order chi connectivity index (χ0) is 18.6. The van der Waals surface area contributed by atoms with Crippen molar-refractivity contribution >= 4 is 43.4 Å². The second kappa shape index (κ2) is 8.21. The molecule has 0 bridgehead atoms. The minimum atomic E-state index is -4.13. The van der Waals surface area contributed by atoms with E-state index in [2.05, 4.69) is 15.9 Å². The Morgan fingerprint density at radius 2 is 1.84 bits per heavy atom. The van der Waals surface area contributed by atoms with Crippen LogP contribution in [0.4, 0.5) is 0 Å². The van der Waals surface area contributed by atoms with Crippen LogP contribution in [-0.4, -0.2) is 21.3 Å². The molecule has 0 saturated heterocycles. The fourth-order valence-corrected chi connectivity index (χ4v) is 4.44. The first-order valence-electron chi connectivity index (χ1n) is 7.29. The zero-order valence-electron chi connectivity index (χ0n) is 13.6. The summed E-state index contributed by atoms with van der Waals surface area (Å²) in [6, 6.07) is 9.32. The van der Waals surface area contributed by atoms with Crippen molar-refractivity contribution in [3.05, 3.63) is 51.5 Å². The van der Waals surface area contributed by atoms with E-state index in [0.717, 1.165) is 5.56 Å². The molecule has 0 fully saturated rings. The number of ketones is 1. The van der Waals surface area contributed by atoms with Crippen molar-refractivity contribution in [2.75, 3.05) is 7.11 Å². The van der Waals surface area contributed by atoms with Crippen LogP contribution in [0.3, 0.4) is 0 Å². The normalized spacial score (nSPS) is 11.2. The summed E-state index contributed by atoms with van der Waals surface area (Å²) in [6.45, 7) is 1.53. The molecule has 0 saturated carbocycles. The van der Waals surface area contributed by atoms with Gasteiger partial charge in [0.15, 0.2) is 10.6 Å². The van der Waals surface area contributed by atoms with Crippen LogP contribution in [0.25, 0.3) is 0 Å². The van der Waals surface area contributed by atoms with Crippen LogP contribution in [0.2, 0.25) is 5.02 Å². The van der Waals surface area contributed by atoms with E-state index in [1.807, 2.05) is 0 Å². The number of ether oxygens (including phenoxy) is 1. The molecule has 0 amide bonds. The highest BCUT2D eigenvalue weighted by Crippen LogP contribution is 2.36. The lowest BCUT2D eigenvalue weighted by Crippen LogP contribution is -2.11. The van der Waals surface area contributed by atoms with Crippen LogP contribution in [0.5, 0.6) is 11.5 Å². The molecule has 0 N–H and O–H groups in total. The Kier molecular flexibility index (Phi) is 6.48. The molecule has 0 atom stereocenters. The second-order valence-corrected chi connectivity index (χ2v) is 8.11. The van der Waals surface area contributed by atoms with E-state index in [4.69, 9.17) is 20.5 Å². The van der Waals surface area contributed by atoms with Crippen LogP contribution in [0, 0.1) is 0 Å². The van der Waals surface area contributed by atoms with Gasteiger partial charge in [0.05, 0.1) is 11.6 Å². The van der Waals surface area contributed by atoms with Gasteiger partial charge in [0.1, 0.15) is 11.5 Å². The third-order valence-corrected chi connectivity index (χ3v) is 5.40. The quantitative estimate of drug-likeness (QED) is 0.588. The Hall–Kier alpha value is -1.57. The van der Waals surface area contributed by atoms with Gasteiger partial charge in [-0.25, -0.2) is 0 Å². The maximum Gasteiger partial charge on any atom is 0.343 e. The predicted octanol–water partition coefficient (Wildman–Crippen LogP) is 4.40. The average Bonchev–Trinajstić information content (AvgIpc) is 2.53. The van der Waals surface area contributed by atoms with Crippen molar-refractivity contribution in [3.8, 4) is 11.5 Å². The van der Waals surface area contributed by atoms with Crippen molar-refractivity contribution in [2.24, 2.45) is 0 Å². The maximum atomic E-state index is 12.6. The first kappa shape index (κ1) is 19.8. The van der Waals surface area contributed by atoms with Crippen molar-refractivity contribution in [1.29, 1.82) is 0 Å². The lowest BCUT2D eigenvalue weighted by molar-refractivity contribution is -0.116. The summed E-state index contributed by atoms with van der Waals surface area (Å²) in [5, 5.41) is 0.231. The summed E-state index contributed by atoms with van der Waals surface area (Å²) in [5.74, 6) is 0.369. The summed E-state index contributed by atoms with van der Waals surface area (Å²) in [6.07, 6.45) is 1.03. The molecule has 0 unspecified atom stereocenters. The summed E-state index contributed by atoms with van der Waals surface area (Å²) < 4.78 is 35.8. The van der Waals surface area contributed by atoms with Crippen molar-refractivity contribution in [2.45, 2.75) is 24.7 Å². The standard InChI is InChI=1S/C17H16BrClO5S/c1-11(20)3-4-12-5-7-14(8-6-12)24-25(21,22)16-10-13(19)9-15(18)17(16)23-2/h5-10H,3-4H2,1-2H3. The topological polar surface area (TPSA) is 69.7 Å². The van der Waals surface area contributed by atoms with Gasteiger partial charge in [0, 0.05) is 11.4 Å². The maximum absolute atomic E-state index is 12.6. The number of benzene rings is 2. The Morgan fingerprint density at radius 3 is 2.40 bits per heavy atom. The number of hydrogen-bond acceptors (Lipinski definition) is 5. The van der Waals surface area contributed by atoms with Crippen LogP contribution < -0.4 is 8.92 Å². The predicted molar refractivity (Wildman–Crippen MR) is 99.0 cm³/mol. The summed E-state index contributed by atoms with van der Waals surface area (Å²) >= 11 is 9.15. The fourth-order valence-electron chi connectivity index (χ4n) is 2.12. The van der Waals surface area contributed by atoms with Gasteiger partial charge >= 0.3 is 10.1 Å². The lowest BCUT2D eigenvalue weighted by atomic mass is 10.1. The summed E-state index contributed by atoms with van der Waals surface area (Å²) in [5.41, 5.74) is 0.919. The van der Waals surface area contributed by atoms with Gasteiger partial charge < -0.3 is 13.7 Å². The SMILES string of the molecule is COc1c(Br)cc(Cl)cc1S(=O)(=O)Oc1ccc(CCC(C)=O)cc1. The summed E-state index contributed by atoms with van der Waals surface area (Å²) in [7, 11) is -2.78. The smallest absolute Gasteiger partial charge is 0.343 e. The van der Waals surface area contributed by atoms with E-state index in [1.165, 1.54) is 26.2 Å². The number of carbonyl (C=O) groups excluding carboxylic acids is 1. The third-order valence-electron chi connectivity index (χ3n) is 3.34. The molecule has 2 aromatic rings. The van der Waals surface area contributed by atoms with E-state index < -0.39 is 10.1 Å². The molecule has 0 aliphatic carbocycles. The van der Waals surface area contributed by atoms with Crippen LogP contribution in [0.15, 0.2) is 45.8 Å². The van der Waals surface area contributed by atoms with E-state index in [0.29, 0.717) is 17.3 Å². The third kappa shape index (κ3) is 5.20. The highest BCUT2D eigenvalue weighted by molar-refractivity contribution is 9.10. The van der Waals surface area contributed by atoms with Crippen LogP contribution >= 0.6 is 27.5 Å². The fraction of sp³-hybridized carbons (Fsp3) is 0.235. The largest absolute Gasteiger partial charge is 0.494 e. The molecule has 0 radical (unpaired) electrons. The van der Waals surface area contributed by atoms with Gasteiger partial charge in [-0.05, 0) is 59.1 Å². The number of methoxy groups -OCH3 is 1. The van der Waals surface area contributed by atoms with E-state index in [9.17, 15) is 13.2 Å². The number of halogens is 2. The van der Waals surface area contributed by atoms with Crippen molar-refractivity contribution in [3.63, 3.8) is 0 Å². The van der Waals surface area contributed by atoms with E-state index in [1.54, 1.807) is 24.3 Å². The van der Waals surface area contributed by atoms with Crippen LogP contribution in [0.1, 0.15) is 18.9 Å². The number of aryl methyl sites for hydroxylation is 1. The molecule has 0 heterocycles. The molecule has 0 aliphatic heterocycles. The number of rotatable bonds is 7. The first-order chi connectivity index (χ1) is 11.7. The molecule has 8 heteroatoms. The van der Waals surface area contributed by atoms with Gasteiger partial charge in [-0.15, -0.1) is 0 Å². The average molecular weight is 448 g/mol. The molecule has 0 aliphatic rings. The molecule has 2 rings (SSSR count). The highest BCUT2D eigenvalue weighted by atomic mass is 79.9. The van der Waals surface area contributed by atoms with Crippen molar-refractivity contribution < 1.29 is 22.1 Å². The van der Waals surface area contributed by atoms with Crippen molar-refractivity contribution in [1.82, 2.24) is 0 Å². The van der Waals surface area contributed by atoms with Gasteiger partial charge in [-0.1, -0.05) is 23.7 Å².